The third-order valence-corrected chi connectivity index (χ3v) is 2.23. The standard InChI is InChI=1S/C6H15NO2S/c7-4-6(9)5-10-3-1-2-8/h6,8-9H,1-5,7H2. The molecule has 4 N–H and O–H groups in total. The fourth-order valence-electron chi connectivity index (χ4n) is 0.454. The van der Waals surface area contributed by atoms with E-state index in [4.69, 9.17) is 15.9 Å². The third-order valence-electron chi connectivity index (χ3n) is 1.03. The summed E-state index contributed by atoms with van der Waals surface area (Å²) in [5, 5.41) is 17.3. The zero-order chi connectivity index (χ0) is 7.82. The molecule has 0 amide bonds. The van der Waals surface area contributed by atoms with Crippen molar-refractivity contribution < 1.29 is 10.2 Å². The smallest absolute Gasteiger partial charge is 0.0752 e. The van der Waals surface area contributed by atoms with E-state index in [0.29, 0.717) is 12.3 Å². The lowest BCUT2D eigenvalue weighted by Crippen LogP contribution is -2.22. The molecule has 62 valence electrons. The number of aliphatic hydroxyl groups excluding tert-OH is 2. The van der Waals surface area contributed by atoms with Crippen LogP contribution in [0, 0.1) is 0 Å². The number of hydrogen-bond acceptors (Lipinski definition) is 4. The topological polar surface area (TPSA) is 66.5 Å². The van der Waals surface area contributed by atoms with E-state index in [-0.39, 0.29) is 12.7 Å². The van der Waals surface area contributed by atoms with Gasteiger partial charge in [0, 0.05) is 18.9 Å². The SMILES string of the molecule is NCC(O)CSCCCO. The van der Waals surface area contributed by atoms with Crippen molar-refractivity contribution in [2.45, 2.75) is 12.5 Å². The summed E-state index contributed by atoms with van der Waals surface area (Å²) in [5.41, 5.74) is 5.17. The second kappa shape index (κ2) is 7.34. The number of aliphatic hydroxyl groups is 2. The van der Waals surface area contributed by atoms with Gasteiger partial charge in [0.15, 0.2) is 0 Å². The molecule has 0 aromatic rings. The van der Waals surface area contributed by atoms with Crippen molar-refractivity contribution >= 4 is 11.8 Å². The van der Waals surface area contributed by atoms with Crippen LogP contribution in [0.25, 0.3) is 0 Å². The van der Waals surface area contributed by atoms with E-state index in [9.17, 15) is 0 Å². The lowest BCUT2D eigenvalue weighted by Gasteiger charge is -2.05. The molecule has 4 heteroatoms. The lowest BCUT2D eigenvalue weighted by molar-refractivity contribution is 0.208. The van der Waals surface area contributed by atoms with Crippen LogP contribution < -0.4 is 5.73 Å². The normalized spacial score (nSPS) is 13.5. The highest BCUT2D eigenvalue weighted by Gasteiger charge is 1.98. The van der Waals surface area contributed by atoms with Crippen LogP contribution in [0.1, 0.15) is 6.42 Å². The maximum Gasteiger partial charge on any atom is 0.0752 e. The maximum atomic E-state index is 8.95. The highest BCUT2D eigenvalue weighted by Crippen LogP contribution is 2.03. The highest BCUT2D eigenvalue weighted by molar-refractivity contribution is 7.99. The summed E-state index contributed by atoms with van der Waals surface area (Å²) in [6, 6.07) is 0. The minimum Gasteiger partial charge on any atom is -0.396 e. The first-order chi connectivity index (χ1) is 4.81. The van der Waals surface area contributed by atoms with Gasteiger partial charge in [0.1, 0.15) is 0 Å². The maximum absolute atomic E-state index is 8.95. The number of rotatable bonds is 6. The van der Waals surface area contributed by atoms with Gasteiger partial charge in [-0.15, -0.1) is 0 Å². The molecule has 0 aliphatic heterocycles. The molecule has 0 spiro atoms. The minimum absolute atomic E-state index is 0.228. The summed E-state index contributed by atoms with van der Waals surface area (Å²) in [7, 11) is 0. The van der Waals surface area contributed by atoms with Crippen molar-refractivity contribution in [1.82, 2.24) is 0 Å². The summed E-state index contributed by atoms with van der Waals surface area (Å²) in [5.74, 6) is 1.57. The highest BCUT2D eigenvalue weighted by atomic mass is 32.2. The van der Waals surface area contributed by atoms with Crippen molar-refractivity contribution in [3.05, 3.63) is 0 Å². The van der Waals surface area contributed by atoms with Crippen molar-refractivity contribution in [2.75, 3.05) is 24.7 Å². The van der Waals surface area contributed by atoms with Crippen molar-refractivity contribution in [3.63, 3.8) is 0 Å². The Morgan fingerprint density at radius 2 is 2.20 bits per heavy atom. The molecule has 0 aromatic carbocycles. The van der Waals surface area contributed by atoms with Gasteiger partial charge in [-0.1, -0.05) is 0 Å². The van der Waals surface area contributed by atoms with Crippen LogP contribution in [0.2, 0.25) is 0 Å². The Balaban J connectivity index is 2.89. The molecule has 0 aliphatic carbocycles. The van der Waals surface area contributed by atoms with Crippen LogP contribution in [0.4, 0.5) is 0 Å². The zero-order valence-corrected chi connectivity index (χ0v) is 6.81. The van der Waals surface area contributed by atoms with Crippen molar-refractivity contribution in [1.29, 1.82) is 0 Å². The average molecular weight is 165 g/mol. The van der Waals surface area contributed by atoms with Crippen LogP contribution in [0.3, 0.4) is 0 Å². The predicted molar refractivity (Wildman–Crippen MR) is 44.1 cm³/mol. The van der Waals surface area contributed by atoms with Crippen LogP contribution >= 0.6 is 11.8 Å². The largest absolute Gasteiger partial charge is 0.396 e. The van der Waals surface area contributed by atoms with Gasteiger partial charge in [0.2, 0.25) is 0 Å². The minimum atomic E-state index is -0.385. The van der Waals surface area contributed by atoms with Crippen LogP contribution in [-0.4, -0.2) is 41.0 Å². The molecule has 0 heterocycles. The first-order valence-corrected chi connectivity index (χ1v) is 4.53. The van der Waals surface area contributed by atoms with Gasteiger partial charge in [0.25, 0.3) is 0 Å². The molecular formula is C6H15NO2S. The van der Waals surface area contributed by atoms with E-state index >= 15 is 0 Å². The molecule has 1 unspecified atom stereocenters. The molecule has 3 nitrogen and oxygen atoms in total. The predicted octanol–water partition coefficient (Wildman–Crippen LogP) is -0.578. The lowest BCUT2D eigenvalue weighted by atomic mass is 10.4. The summed E-state index contributed by atoms with van der Waals surface area (Å²) in [6.07, 6.45) is 0.408. The molecule has 0 rings (SSSR count). The Labute approximate surface area is 65.6 Å². The second-order valence-corrected chi connectivity index (χ2v) is 3.19. The Morgan fingerprint density at radius 3 is 2.70 bits per heavy atom. The third kappa shape index (κ3) is 6.35. The van der Waals surface area contributed by atoms with Gasteiger partial charge in [-0.2, -0.15) is 11.8 Å². The number of thioether (sulfide) groups is 1. The summed E-state index contributed by atoms with van der Waals surface area (Å²) < 4.78 is 0. The Kier molecular flexibility index (Phi) is 7.51. The van der Waals surface area contributed by atoms with Crippen LogP contribution in [-0.2, 0) is 0 Å². The molecule has 1 atom stereocenters. The van der Waals surface area contributed by atoms with Crippen LogP contribution in [0.5, 0.6) is 0 Å². The molecule has 0 bridgehead atoms. The van der Waals surface area contributed by atoms with Gasteiger partial charge in [0.05, 0.1) is 6.10 Å². The fraction of sp³-hybridized carbons (Fsp3) is 1.00. The zero-order valence-electron chi connectivity index (χ0n) is 5.99. The molecule has 0 aliphatic rings. The molecule has 0 saturated carbocycles. The Hall–Kier alpha value is 0.230. The molecule has 0 radical (unpaired) electrons. The Morgan fingerprint density at radius 1 is 1.50 bits per heavy atom. The summed E-state index contributed by atoms with van der Waals surface area (Å²) in [6.45, 7) is 0.553. The first kappa shape index (κ1) is 10.2. The van der Waals surface area contributed by atoms with Crippen LogP contribution in [0.15, 0.2) is 0 Å². The molecular weight excluding hydrogens is 150 g/mol. The quantitative estimate of drug-likeness (QED) is 0.461. The van der Waals surface area contributed by atoms with E-state index in [1.165, 1.54) is 0 Å². The van der Waals surface area contributed by atoms with E-state index < -0.39 is 0 Å². The molecule has 0 fully saturated rings. The monoisotopic (exact) mass is 165 g/mol. The van der Waals surface area contributed by atoms with Gasteiger partial charge < -0.3 is 15.9 Å². The Bertz CT molecular complexity index is 72.8. The van der Waals surface area contributed by atoms with Crippen molar-refractivity contribution in [2.24, 2.45) is 5.73 Å². The fourth-order valence-corrected chi connectivity index (χ4v) is 1.36. The number of nitrogens with two attached hydrogens (primary N) is 1. The van der Waals surface area contributed by atoms with E-state index in [1.807, 2.05) is 0 Å². The number of hydrogen-bond donors (Lipinski definition) is 3. The first-order valence-electron chi connectivity index (χ1n) is 3.38. The van der Waals surface area contributed by atoms with E-state index in [1.54, 1.807) is 11.8 Å². The van der Waals surface area contributed by atoms with Crippen molar-refractivity contribution in [3.8, 4) is 0 Å². The second-order valence-electron chi connectivity index (χ2n) is 2.04. The molecule has 0 saturated heterocycles. The van der Waals surface area contributed by atoms with E-state index in [2.05, 4.69) is 0 Å². The van der Waals surface area contributed by atoms with Gasteiger partial charge in [-0.05, 0) is 12.2 Å². The summed E-state index contributed by atoms with van der Waals surface area (Å²) in [4.78, 5) is 0. The van der Waals surface area contributed by atoms with Gasteiger partial charge in [-0.3, -0.25) is 0 Å². The van der Waals surface area contributed by atoms with Gasteiger partial charge >= 0.3 is 0 Å². The molecule has 10 heavy (non-hydrogen) atoms. The van der Waals surface area contributed by atoms with Gasteiger partial charge in [-0.25, -0.2) is 0 Å². The van der Waals surface area contributed by atoms with E-state index in [0.717, 1.165) is 12.2 Å². The average Bonchev–Trinajstić information content (AvgIpc) is 1.98. The summed E-state index contributed by atoms with van der Waals surface area (Å²) >= 11 is 1.62. The molecule has 0 aromatic heterocycles.